The maximum Gasteiger partial charge on any atom is 0.252 e. The van der Waals surface area contributed by atoms with Crippen LogP contribution in [0.3, 0.4) is 0 Å². The minimum atomic E-state index is -0.466. The van der Waals surface area contributed by atoms with Crippen LogP contribution < -0.4 is 5.32 Å². The molecule has 0 saturated carbocycles. The molecule has 0 spiro atoms. The van der Waals surface area contributed by atoms with Crippen LogP contribution in [0, 0.1) is 0 Å². The lowest BCUT2D eigenvalue weighted by atomic mass is 10.1. The van der Waals surface area contributed by atoms with Gasteiger partial charge in [0, 0.05) is 40.3 Å². The van der Waals surface area contributed by atoms with Gasteiger partial charge in [0.25, 0.3) is 5.24 Å². The summed E-state index contributed by atoms with van der Waals surface area (Å²) in [6.45, 7) is 0. The molecule has 128 valence electrons. The molecule has 5 nitrogen and oxygen atoms in total. The van der Waals surface area contributed by atoms with Crippen molar-refractivity contribution in [2.75, 3.05) is 5.32 Å². The number of imidazole rings is 1. The normalized spacial score (nSPS) is 10.7. The molecule has 0 amide bonds. The van der Waals surface area contributed by atoms with E-state index in [9.17, 15) is 4.79 Å². The molecule has 2 aromatic heterocycles. The predicted molar refractivity (Wildman–Crippen MR) is 105 cm³/mol. The molecule has 26 heavy (non-hydrogen) atoms. The van der Waals surface area contributed by atoms with Crippen molar-refractivity contribution in [3.63, 3.8) is 0 Å². The Hall–Kier alpha value is -2.96. The number of hydrogen-bond acceptors (Lipinski definition) is 5. The molecule has 1 N–H and O–H groups in total. The van der Waals surface area contributed by atoms with Crippen LogP contribution in [0.25, 0.3) is 16.9 Å². The van der Waals surface area contributed by atoms with Gasteiger partial charge in [0.15, 0.2) is 5.13 Å². The summed E-state index contributed by atoms with van der Waals surface area (Å²) < 4.78 is 1.95. The fraction of sp³-hybridized carbons (Fsp3) is 0. The second-order valence-corrected chi connectivity index (χ2v) is 6.73. The summed E-state index contributed by atoms with van der Waals surface area (Å²) >= 11 is 6.98. The van der Waals surface area contributed by atoms with Crippen LogP contribution in [0.15, 0.2) is 72.6 Å². The second kappa shape index (κ2) is 7.11. The Kier molecular flexibility index (Phi) is 4.51. The number of benzene rings is 2. The number of thiazole rings is 1. The van der Waals surface area contributed by atoms with E-state index in [2.05, 4.69) is 15.3 Å². The molecule has 0 unspecified atom stereocenters. The van der Waals surface area contributed by atoms with E-state index in [-0.39, 0.29) is 0 Å². The maximum absolute atomic E-state index is 11.1. The number of hydrogen-bond donors (Lipinski definition) is 1. The Morgan fingerprint density at radius 2 is 1.85 bits per heavy atom. The number of rotatable bonds is 5. The van der Waals surface area contributed by atoms with E-state index in [4.69, 9.17) is 11.6 Å². The molecule has 2 aromatic carbocycles. The van der Waals surface area contributed by atoms with Gasteiger partial charge >= 0.3 is 0 Å². The van der Waals surface area contributed by atoms with Crippen molar-refractivity contribution in [2.24, 2.45) is 0 Å². The van der Waals surface area contributed by atoms with E-state index < -0.39 is 5.24 Å². The summed E-state index contributed by atoms with van der Waals surface area (Å²) in [5, 5.41) is 5.56. The lowest BCUT2D eigenvalue weighted by Crippen LogP contribution is -1.92. The number of anilines is 2. The van der Waals surface area contributed by atoms with E-state index in [0.29, 0.717) is 5.56 Å². The van der Waals surface area contributed by atoms with Gasteiger partial charge in [-0.1, -0.05) is 12.1 Å². The third-order valence-electron chi connectivity index (χ3n) is 3.83. The van der Waals surface area contributed by atoms with E-state index in [1.54, 1.807) is 36.8 Å². The van der Waals surface area contributed by atoms with Gasteiger partial charge in [-0.05, 0) is 48.0 Å². The summed E-state index contributed by atoms with van der Waals surface area (Å²) in [7, 11) is 0. The highest BCUT2D eigenvalue weighted by atomic mass is 35.5. The number of halogens is 1. The monoisotopic (exact) mass is 380 g/mol. The fourth-order valence-corrected chi connectivity index (χ4v) is 3.35. The summed E-state index contributed by atoms with van der Waals surface area (Å²) in [6, 6.07) is 15.1. The molecule has 0 aliphatic rings. The highest BCUT2D eigenvalue weighted by molar-refractivity contribution is 7.14. The zero-order valence-electron chi connectivity index (χ0n) is 13.5. The molecule has 0 bridgehead atoms. The molecule has 0 saturated heterocycles. The fourth-order valence-electron chi connectivity index (χ4n) is 2.49. The summed E-state index contributed by atoms with van der Waals surface area (Å²) in [5.41, 5.74) is 4.32. The minimum absolute atomic E-state index is 0.466. The Labute approximate surface area is 158 Å². The zero-order chi connectivity index (χ0) is 17.9. The van der Waals surface area contributed by atoms with Crippen molar-refractivity contribution in [1.29, 1.82) is 0 Å². The molecule has 7 heteroatoms. The van der Waals surface area contributed by atoms with Crippen molar-refractivity contribution < 1.29 is 4.79 Å². The average Bonchev–Trinajstić information content (AvgIpc) is 3.34. The lowest BCUT2D eigenvalue weighted by Gasteiger charge is -2.04. The highest BCUT2D eigenvalue weighted by Crippen LogP contribution is 2.28. The maximum atomic E-state index is 11.1. The first-order chi connectivity index (χ1) is 12.7. The summed E-state index contributed by atoms with van der Waals surface area (Å²) in [4.78, 5) is 19.8. The van der Waals surface area contributed by atoms with Gasteiger partial charge < -0.3 is 9.88 Å². The van der Waals surface area contributed by atoms with Crippen molar-refractivity contribution in [1.82, 2.24) is 14.5 Å². The quantitative estimate of drug-likeness (QED) is 0.488. The van der Waals surface area contributed by atoms with Crippen LogP contribution in [0.5, 0.6) is 0 Å². The van der Waals surface area contributed by atoms with Gasteiger partial charge in [-0.25, -0.2) is 9.97 Å². The Balaban J connectivity index is 1.50. The van der Waals surface area contributed by atoms with Gasteiger partial charge in [0.2, 0.25) is 0 Å². The Morgan fingerprint density at radius 1 is 1.08 bits per heavy atom. The number of carbonyl (C=O) groups excluding carboxylic acids is 1. The van der Waals surface area contributed by atoms with Crippen LogP contribution in [-0.2, 0) is 0 Å². The molecule has 4 aromatic rings. The predicted octanol–water partition coefficient (Wildman–Crippen LogP) is 5.12. The average molecular weight is 381 g/mol. The van der Waals surface area contributed by atoms with E-state index >= 15 is 0 Å². The molecule has 0 aliphatic carbocycles. The molecular weight excluding hydrogens is 368 g/mol. The Bertz CT molecular complexity index is 1020. The summed E-state index contributed by atoms with van der Waals surface area (Å²) in [5.74, 6) is 0. The zero-order valence-corrected chi connectivity index (χ0v) is 15.0. The largest absolute Gasteiger partial charge is 0.332 e. The Morgan fingerprint density at radius 3 is 2.50 bits per heavy atom. The van der Waals surface area contributed by atoms with Crippen LogP contribution >= 0.6 is 22.9 Å². The van der Waals surface area contributed by atoms with Crippen LogP contribution in [0.1, 0.15) is 10.4 Å². The molecule has 0 aliphatic heterocycles. The standard InChI is InChI=1S/C19H13ClN4OS/c20-18(25)14-1-5-15(6-2-14)22-19-23-17(11-26-19)13-3-7-16(8-4-13)24-10-9-21-12-24/h1-12H,(H,22,23). The first-order valence-electron chi connectivity index (χ1n) is 7.80. The highest BCUT2D eigenvalue weighted by Gasteiger charge is 2.07. The lowest BCUT2D eigenvalue weighted by molar-refractivity contribution is 0.108. The van der Waals surface area contributed by atoms with Gasteiger partial charge in [0.05, 0.1) is 12.0 Å². The van der Waals surface area contributed by atoms with Crippen molar-refractivity contribution in [3.05, 3.63) is 78.2 Å². The topological polar surface area (TPSA) is 59.8 Å². The van der Waals surface area contributed by atoms with E-state index in [1.165, 1.54) is 11.3 Å². The molecule has 0 atom stereocenters. The summed E-state index contributed by atoms with van der Waals surface area (Å²) in [6.07, 6.45) is 5.42. The van der Waals surface area contributed by atoms with E-state index in [1.807, 2.05) is 40.4 Å². The van der Waals surface area contributed by atoms with Crippen molar-refractivity contribution in [2.45, 2.75) is 0 Å². The van der Waals surface area contributed by atoms with Crippen LogP contribution in [-0.4, -0.2) is 19.8 Å². The molecule has 4 rings (SSSR count). The third kappa shape index (κ3) is 3.51. The van der Waals surface area contributed by atoms with Gasteiger partial charge in [-0.3, -0.25) is 4.79 Å². The SMILES string of the molecule is O=C(Cl)c1ccc(Nc2nc(-c3ccc(-n4ccnc4)cc3)cs2)cc1. The van der Waals surface area contributed by atoms with Crippen molar-refractivity contribution >= 4 is 39.0 Å². The molecule has 0 radical (unpaired) electrons. The molecule has 2 heterocycles. The molecule has 0 fully saturated rings. The van der Waals surface area contributed by atoms with Gasteiger partial charge in [-0.15, -0.1) is 11.3 Å². The first-order valence-corrected chi connectivity index (χ1v) is 9.06. The molecular formula is C19H13ClN4OS. The first kappa shape index (κ1) is 16.5. The number of nitrogens with one attached hydrogen (secondary N) is 1. The minimum Gasteiger partial charge on any atom is -0.332 e. The van der Waals surface area contributed by atoms with Crippen LogP contribution in [0.2, 0.25) is 0 Å². The van der Waals surface area contributed by atoms with Crippen LogP contribution in [0.4, 0.5) is 10.8 Å². The number of nitrogens with zero attached hydrogens (tertiary/aromatic N) is 3. The smallest absolute Gasteiger partial charge is 0.252 e. The third-order valence-corrected chi connectivity index (χ3v) is 4.81. The van der Waals surface area contributed by atoms with Crippen molar-refractivity contribution in [3.8, 4) is 16.9 Å². The van der Waals surface area contributed by atoms with Gasteiger partial charge in [0.1, 0.15) is 0 Å². The second-order valence-electron chi connectivity index (χ2n) is 5.53. The number of aromatic nitrogens is 3. The van der Waals surface area contributed by atoms with Gasteiger partial charge in [-0.2, -0.15) is 0 Å². The van der Waals surface area contributed by atoms with E-state index in [0.717, 1.165) is 27.8 Å². The number of carbonyl (C=O) groups is 1.